The number of nitrogens with one attached hydrogen (secondary N) is 1. The zero-order valence-electron chi connectivity index (χ0n) is 22.0. The summed E-state index contributed by atoms with van der Waals surface area (Å²) < 4.78 is 6.30. The number of hydrogen-bond donors (Lipinski definition) is 1. The Balaban J connectivity index is 1.51. The molecule has 1 fully saturated rings. The zero-order chi connectivity index (χ0) is 26.5. The second kappa shape index (κ2) is 15.4. The number of rotatable bonds is 12. The maximum atomic E-state index is 13.0. The number of anilines is 1. The molecule has 1 heterocycles. The fraction of sp³-hybridized carbons (Fsp3) is 0.448. The van der Waals surface area contributed by atoms with Crippen LogP contribution in [0, 0.1) is 0 Å². The van der Waals surface area contributed by atoms with Gasteiger partial charge in [0.2, 0.25) is 5.91 Å². The van der Waals surface area contributed by atoms with Crippen molar-refractivity contribution in [3.8, 4) is 5.75 Å². The van der Waals surface area contributed by atoms with Gasteiger partial charge < -0.3 is 19.9 Å². The Morgan fingerprint density at radius 1 is 1.05 bits per heavy atom. The summed E-state index contributed by atoms with van der Waals surface area (Å²) in [6.07, 6.45) is 7.74. The Labute approximate surface area is 229 Å². The molecule has 0 unspecified atom stereocenters. The fourth-order valence-corrected chi connectivity index (χ4v) is 4.69. The molecule has 3 amide bonds. The number of carbonyl (C=O) groups excluding carboxylic acids is 2. The van der Waals surface area contributed by atoms with Gasteiger partial charge in [0, 0.05) is 62.3 Å². The van der Waals surface area contributed by atoms with Gasteiger partial charge in [-0.25, -0.2) is 4.79 Å². The highest BCUT2D eigenvalue weighted by Gasteiger charge is 2.22. The van der Waals surface area contributed by atoms with E-state index in [1.54, 1.807) is 7.11 Å². The van der Waals surface area contributed by atoms with E-state index in [0.717, 1.165) is 60.4 Å². The van der Waals surface area contributed by atoms with Crippen LogP contribution in [0.4, 0.5) is 10.5 Å². The van der Waals surface area contributed by atoms with Gasteiger partial charge in [-0.05, 0) is 40.5 Å². The molecule has 0 spiro atoms. The van der Waals surface area contributed by atoms with E-state index in [-0.39, 0.29) is 11.9 Å². The number of amides is 3. The molecule has 1 aliphatic heterocycles. The average molecular weight is 572 g/mol. The topological polar surface area (TPSA) is 65.1 Å². The van der Waals surface area contributed by atoms with Gasteiger partial charge in [-0.3, -0.25) is 9.69 Å². The van der Waals surface area contributed by atoms with Crippen molar-refractivity contribution in [3.63, 3.8) is 0 Å². The standard InChI is InChI=1S/C29H39BrN4O3/c1-3-4-5-16-28(35)33(17-10-12-24-11-6-9-15-27(24)37-2)21-18-32-19-22-34(23-20-32)29(36)31-26-14-8-7-13-25(26)30/h6-15H,3-5,16-23H2,1-2H3,(H,31,36). The summed E-state index contributed by atoms with van der Waals surface area (Å²) in [7, 11) is 1.67. The molecule has 3 rings (SSSR count). The van der Waals surface area contributed by atoms with Crippen LogP contribution < -0.4 is 10.1 Å². The summed E-state index contributed by atoms with van der Waals surface area (Å²) in [5.74, 6) is 1.02. The number of para-hydroxylation sites is 2. The zero-order valence-corrected chi connectivity index (χ0v) is 23.6. The molecule has 0 bridgehead atoms. The predicted molar refractivity (Wildman–Crippen MR) is 154 cm³/mol. The first kappa shape index (κ1) is 28.7. The molecule has 8 heteroatoms. The van der Waals surface area contributed by atoms with Gasteiger partial charge in [0.1, 0.15) is 5.75 Å². The van der Waals surface area contributed by atoms with Gasteiger partial charge in [0.25, 0.3) is 0 Å². The van der Waals surface area contributed by atoms with Crippen LogP contribution in [-0.2, 0) is 4.79 Å². The summed E-state index contributed by atoms with van der Waals surface area (Å²) in [6.45, 7) is 7.08. The molecule has 37 heavy (non-hydrogen) atoms. The number of unbranched alkanes of at least 4 members (excludes halogenated alkanes) is 2. The summed E-state index contributed by atoms with van der Waals surface area (Å²) >= 11 is 3.48. The molecule has 1 saturated heterocycles. The van der Waals surface area contributed by atoms with Gasteiger partial charge in [0.15, 0.2) is 0 Å². The van der Waals surface area contributed by atoms with Crippen LogP contribution in [0.25, 0.3) is 6.08 Å². The predicted octanol–water partition coefficient (Wildman–Crippen LogP) is 5.73. The van der Waals surface area contributed by atoms with Crippen LogP contribution in [0.2, 0.25) is 0 Å². The number of carbonyl (C=O) groups is 2. The summed E-state index contributed by atoms with van der Waals surface area (Å²) in [4.78, 5) is 31.8. The van der Waals surface area contributed by atoms with Crippen LogP contribution in [0.5, 0.6) is 5.75 Å². The number of ether oxygens (including phenoxy) is 1. The number of hydrogen-bond acceptors (Lipinski definition) is 4. The lowest BCUT2D eigenvalue weighted by Gasteiger charge is -2.35. The Kier molecular flexibility index (Phi) is 12.0. The Morgan fingerprint density at radius 3 is 2.51 bits per heavy atom. The molecular formula is C29H39BrN4O3. The summed E-state index contributed by atoms with van der Waals surface area (Å²) in [6, 6.07) is 15.4. The molecule has 0 atom stereocenters. The molecule has 2 aromatic rings. The quantitative estimate of drug-likeness (QED) is 0.331. The number of urea groups is 1. The van der Waals surface area contributed by atoms with Gasteiger partial charge in [-0.15, -0.1) is 0 Å². The van der Waals surface area contributed by atoms with Crippen LogP contribution in [0.3, 0.4) is 0 Å². The van der Waals surface area contributed by atoms with Gasteiger partial charge in [-0.2, -0.15) is 0 Å². The highest BCUT2D eigenvalue weighted by atomic mass is 79.9. The molecular weight excluding hydrogens is 532 g/mol. The number of halogens is 1. The van der Waals surface area contributed by atoms with Crippen LogP contribution in [0.1, 0.15) is 38.2 Å². The molecule has 0 saturated carbocycles. The smallest absolute Gasteiger partial charge is 0.321 e. The number of methoxy groups -OCH3 is 1. The molecule has 2 aromatic carbocycles. The lowest BCUT2D eigenvalue weighted by molar-refractivity contribution is -0.131. The van der Waals surface area contributed by atoms with Crippen molar-refractivity contribution in [1.29, 1.82) is 0 Å². The Morgan fingerprint density at radius 2 is 1.78 bits per heavy atom. The maximum Gasteiger partial charge on any atom is 0.321 e. The second-order valence-corrected chi connectivity index (χ2v) is 10.0. The fourth-order valence-electron chi connectivity index (χ4n) is 4.31. The first-order valence-corrected chi connectivity index (χ1v) is 13.9. The van der Waals surface area contributed by atoms with Crippen molar-refractivity contribution in [3.05, 3.63) is 64.6 Å². The number of piperazine rings is 1. The largest absolute Gasteiger partial charge is 0.496 e. The lowest BCUT2D eigenvalue weighted by atomic mass is 10.1. The highest BCUT2D eigenvalue weighted by Crippen LogP contribution is 2.22. The third kappa shape index (κ3) is 9.20. The van der Waals surface area contributed by atoms with E-state index in [1.165, 1.54) is 0 Å². The van der Waals surface area contributed by atoms with E-state index in [0.29, 0.717) is 32.6 Å². The number of benzene rings is 2. The number of nitrogens with zero attached hydrogens (tertiary/aromatic N) is 3. The van der Waals surface area contributed by atoms with Gasteiger partial charge >= 0.3 is 6.03 Å². The van der Waals surface area contributed by atoms with Crippen LogP contribution >= 0.6 is 15.9 Å². The SMILES string of the molecule is CCCCCC(=O)N(CC=Cc1ccccc1OC)CCN1CCN(C(=O)Nc2ccccc2Br)CC1. The minimum Gasteiger partial charge on any atom is -0.496 e. The summed E-state index contributed by atoms with van der Waals surface area (Å²) in [5, 5.41) is 2.98. The molecule has 0 aliphatic carbocycles. The first-order valence-electron chi connectivity index (χ1n) is 13.1. The molecule has 0 aromatic heterocycles. The average Bonchev–Trinajstić information content (AvgIpc) is 2.92. The second-order valence-electron chi connectivity index (χ2n) is 9.18. The van der Waals surface area contributed by atoms with Gasteiger partial charge in [-0.1, -0.05) is 62.2 Å². The van der Waals surface area contributed by atoms with Crippen LogP contribution in [-0.4, -0.2) is 79.6 Å². The molecule has 1 aliphatic rings. The Hall–Kier alpha value is -2.84. The third-order valence-corrected chi connectivity index (χ3v) is 7.26. The first-order chi connectivity index (χ1) is 18.0. The van der Waals surface area contributed by atoms with E-state index in [9.17, 15) is 9.59 Å². The van der Waals surface area contributed by atoms with E-state index >= 15 is 0 Å². The molecule has 7 nitrogen and oxygen atoms in total. The third-order valence-electron chi connectivity index (χ3n) is 6.57. The van der Waals surface area contributed by atoms with Crippen molar-refractivity contribution in [1.82, 2.24) is 14.7 Å². The van der Waals surface area contributed by atoms with E-state index in [4.69, 9.17) is 4.74 Å². The lowest BCUT2D eigenvalue weighted by Crippen LogP contribution is -2.51. The van der Waals surface area contributed by atoms with Crippen molar-refractivity contribution in [2.75, 3.05) is 58.2 Å². The van der Waals surface area contributed by atoms with E-state index < -0.39 is 0 Å². The minimum atomic E-state index is -0.0826. The van der Waals surface area contributed by atoms with Crippen molar-refractivity contribution < 1.29 is 14.3 Å². The van der Waals surface area contributed by atoms with Crippen molar-refractivity contribution in [2.45, 2.75) is 32.6 Å². The monoisotopic (exact) mass is 570 g/mol. The van der Waals surface area contributed by atoms with E-state index in [2.05, 4.69) is 33.1 Å². The summed E-state index contributed by atoms with van der Waals surface area (Å²) in [5.41, 5.74) is 1.77. The molecule has 1 N–H and O–H groups in total. The van der Waals surface area contributed by atoms with E-state index in [1.807, 2.05) is 70.5 Å². The molecule has 200 valence electrons. The van der Waals surface area contributed by atoms with Gasteiger partial charge in [0.05, 0.1) is 12.8 Å². The molecule has 0 radical (unpaired) electrons. The van der Waals surface area contributed by atoms with Crippen molar-refractivity contribution >= 4 is 39.6 Å². The maximum absolute atomic E-state index is 13.0. The highest BCUT2D eigenvalue weighted by molar-refractivity contribution is 9.10. The van der Waals surface area contributed by atoms with Crippen LogP contribution in [0.15, 0.2) is 59.1 Å². The Bertz CT molecular complexity index is 1040. The normalized spacial score (nSPS) is 14.1. The minimum absolute atomic E-state index is 0.0826. The van der Waals surface area contributed by atoms with Crippen molar-refractivity contribution in [2.24, 2.45) is 0 Å².